The van der Waals surface area contributed by atoms with E-state index in [1.54, 1.807) is 14.2 Å². The van der Waals surface area contributed by atoms with Crippen LogP contribution in [0.2, 0.25) is 6.04 Å². The Morgan fingerprint density at radius 3 is 2.27 bits per heavy atom. The number of nitrogens with zero attached hydrogens (tertiary/aromatic N) is 1. The molecule has 0 atom stereocenters. The minimum Gasteiger partial charge on any atom is -0.377 e. The van der Waals surface area contributed by atoms with Gasteiger partial charge in [0, 0.05) is 33.4 Å². The maximum Gasteiger partial charge on any atom is 0.500 e. The maximum atomic E-state index is 5.52. The van der Waals surface area contributed by atoms with Crippen LogP contribution < -0.4 is 11.5 Å². The van der Waals surface area contributed by atoms with E-state index in [9.17, 15) is 0 Å². The van der Waals surface area contributed by atoms with E-state index in [0.717, 1.165) is 6.42 Å². The van der Waals surface area contributed by atoms with E-state index in [2.05, 4.69) is 4.99 Å². The summed E-state index contributed by atoms with van der Waals surface area (Å²) in [6.07, 6.45) is 0.784. The lowest BCUT2D eigenvalue weighted by molar-refractivity contribution is 0.103. The third-order valence-corrected chi connectivity index (χ3v) is 4.86. The van der Waals surface area contributed by atoms with Crippen LogP contribution in [0, 0.1) is 0 Å². The number of nitrogens with two attached hydrogens (primary N) is 2. The molecule has 7 heteroatoms. The van der Waals surface area contributed by atoms with Gasteiger partial charge in [0.15, 0.2) is 5.96 Å². The van der Waals surface area contributed by atoms with Gasteiger partial charge in [-0.3, -0.25) is 4.99 Å². The minimum atomic E-state index is -2.47. The highest BCUT2D eigenvalue weighted by molar-refractivity contribution is 6.60. The highest BCUT2D eigenvalue weighted by Crippen LogP contribution is 2.15. The van der Waals surface area contributed by atoms with Crippen LogP contribution in [0.15, 0.2) is 4.99 Å². The average Bonchev–Trinajstić information content (AvgIpc) is 2.22. The third-order valence-electron chi connectivity index (χ3n) is 1.92. The molecule has 90 valence electrons. The Morgan fingerprint density at radius 2 is 1.87 bits per heavy atom. The molecule has 0 aromatic carbocycles. The maximum absolute atomic E-state index is 5.52. The highest BCUT2D eigenvalue weighted by Gasteiger charge is 2.37. The van der Waals surface area contributed by atoms with Crippen molar-refractivity contribution >= 4 is 14.8 Å². The third kappa shape index (κ3) is 5.73. The van der Waals surface area contributed by atoms with Crippen molar-refractivity contribution in [3.8, 4) is 0 Å². The van der Waals surface area contributed by atoms with Crippen LogP contribution in [-0.2, 0) is 13.3 Å². The molecular weight excluding hydrogens is 214 g/mol. The van der Waals surface area contributed by atoms with Crippen LogP contribution >= 0.6 is 0 Å². The van der Waals surface area contributed by atoms with E-state index in [4.69, 9.17) is 24.7 Å². The van der Waals surface area contributed by atoms with Crippen molar-refractivity contribution in [3.05, 3.63) is 0 Å². The van der Waals surface area contributed by atoms with Crippen molar-refractivity contribution < 1.29 is 13.3 Å². The topological polar surface area (TPSA) is 92.1 Å². The normalized spacial score (nSPS) is 11.4. The SMILES string of the molecule is CCO[Si](CCCN=C(N)N)(OC)OC. The zero-order valence-electron chi connectivity index (χ0n) is 9.66. The van der Waals surface area contributed by atoms with Crippen molar-refractivity contribution in [2.75, 3.05) is 27.4 Å². The molecular formula is C8H21N3O3Si. The number of rotatable bonds is 8. The first-order valence-electron chi connectivity index (χ1n) is 4.90. The van der Waals surface area contributed by atoms with Crippen LogP contribution in [0.4, 0.5) is 0 Å². The Bertz CT molecular complexity index is 194. The summed E-state index contributed by atoms with van der Waals surface area (Å²) < 4.78 is 16.2. The quantitative estimate of drug-likeness (QED) is 0.266. The van der Waals surface area contributed by atoms with Crippen molar-refractivity contribution in [1.29, 1.82) is 0 Å². The van der Waals surface area contributed by atoms with Crippen LogP contribution in [0.25, 0.3) is 0 Å². The first-order valence-corrected chi connectivity index (χ1v) is 6.83. The minimum absolute atomic E-state index is 0.105. The molecule has 0 saturated carbocycles. The molecule has 4 N–H and O–H groups in total. The van der Waals surface area contributed by atoms with Gasteiger partial charge in [-0.05, 0) is 13.3 Å². The van der Waals surface area contributed by atoms with Crippen molar-refractivity contribution in [2.24, 2.45) is 16.5 Å². The molecule has 0 unspecified atom stereocenters. The molecule has 0 aliphatic heterocycles. The molecule has 0 saturated heterocycles. The monoisotopic (exact) mass is 235 g/mol. The highest BCUT2D eigenvalue weighted by atomic mass is 28.4. The van der Waals surface area contributed by atoms with Crippen molar-refractivity contribution in [2.45, 2.75) is 19.4 Å². The van der Waals surface area contributed by atoms with Crippen molar-refractivity contribution in [3.63, 3.8) is 0 Å². The van der Waals surface area contributed by atoms with E-state index in [1.165, 1.54) is 0 Å². The molecule has 0 radical (unpaired) electrons. The lowest BCUT2D eigenvalue weighted by Crippen LogP contribution is -2.43. The second kappa shape index (κ2) is 7.63. The predicted octanol–water partition coefficient (Wildman–Crippen LogP) is -0.0819. The lowest BCUT2D eigenvalue weighted by atomic mass is 10.5. The average molecular weight is 235 g/mol. The van der Waals surface area contributed by atoms with Gasteiger partial charge in [0.1, 0.15) is 0 Å². The standard InChI is InChI=1S/C8H21N3O3Si/c1-4-14-15(12-2,13-3)7-5-6-11-8(9)10/h4-7H2,1-3H3,(H4,9,10,11). The zero-order valence-corrected chi connectivity index (χ0v) is 10.7. The summed E-state index contributed by atoms with van der Waals surface area (Å²) in [4.78, 5) is 3.88. The van der Waals surface area contributed by atoms with Gasteiger partial charge in [0.25, 0.3) is 0 Å². The van der Waals surface area contributed by atoms with Gasteiger partial charge in [0.2, 0.25) is 0 Å². The molecule has 6 nitrogen and oxygen atoms in total. The summed E-state index contributed by atoms with van der Waals surface area (Å²) in [5.41, 5.74) is 10.4. The van der Waals surface area contributed by atoms with E-state index < -0.39 is 8.80 Å². The fraction of sp³-hybridized carbons (Fsp3) is 0.875. The molecule has 0 heterocycles. The number of aliphatic imine (C=N–C) groups is 1. The fourth-order valence-electron chi connectivity index (χ4n) is 1.20. The zero-order chi connectivity index (χ0) is 11.7. The molecule has 0 rings (SSSR count). The Hall–Kier alpha value is -0.633. The van der Waals surface area contributed by atoms with Gasteiger partial charge in [-0.2, -0.15) is 0 Å². The summed E-state index contributed by atoms with van der Waals surface area (Å²) in [6, 6.07) is 0.713. The molecule has 0 aromatic rings. The van der Waals surface area contributed by atoms with Crippen LogP contribution in [-0.4, -0.2) is 42.1 Å². The van der Waals surface area contributed by atoms with Gasteiger partial charge in [-0.1, -0.05) is 0 Å². The second-order valence-electron chi connectivity index (χ2n) is 2.93. The smallest absolute Gasteiger partial charge is 0.377 e. The van der Waals surface area contributed by atoms with Gasteiger partial charge < -0.3 is 24.7 Å². The van der Waals surface area contributed by atoms with E-state index >= 15 is 0 Å². The van der Waals surface area contributed by atoms with Crippen LogP contribution in [0.1, 0.15) is 13.3 Å². The summed E-state index contributed by atoms with van der Waals surface area (Å²) in [7, 11) is 0.740. The molecule has 0 aromatic heterocycles. The Balaban J connectivity index is 4.00. The van der Waals surface area contributed by atoms with Crippen LogP contribution in [0.5, 0.6) is 0 Å². The summed E-state index contributed by atoms with van der Waals surface area (Å²) >= 11 is 0. The van der Waals surface area contributed by atoms with Crippen molar-refractivity contribution in [1.82, 2.24) is 0 Å². The molecule has 0 fully saturated rings. The molecule has 0 aliphatic carbocycles. The van der Waals surface area contributed by atoms with Gasteiger partial charge in [-0.25, -0.2) is 0 Å². The summed E-state index contributed by atoms with van der Waals surface area (Å²) in [5.74, 6) is 0.105. The second-order valence-corrected chi connectivity index (χ2v) is 5.91. The first kappa shape index (κ1) is 14.4. The number of guanidine groups is 1. The predicted molar refractivity (Wildman–Crippen MR) is 61.5 cm³/mol. The van der Waals surface area contributed by atoms with E-state index in [-0.39, 0.29) is 5.96 Å². The van der Waals surface area contributed by atoms with Gasteiger partial charge >= 0.3 is 8.80 Å². The molecule has 0 spiro atoms. The summed E-state index contributed by atoms with van der Waals surface area (Å²) in [5, 5.41) is 0. The molecule has 0 aliphatic rings. The lowest BCUT2D eigenvalue weighted by Gasteiger charge is -2.25. The fourth-order valence-corrected chi connectivity index (χ4v) is 3.19. The van der Waals surface area contributed by atoms with Gasteiger partial charge in [0.05, 0.1) is 0 Å². The molecule has 15 heavy (non-hydrogen) atoms. The Labute approximate surface area is 92.0 Å². The Kier molecular flexibility index (Phi) is 7.31. The Morgan fingerprint density at radius 1 is 1.27 bits per heavy atom. The largest absolute Gasteiger partial charge is 0.500 e. The van der Waals surface area contributed by atoms with Gasteiger partial charge in [-0.15, -0.1) is 0 Å². The number of hydrogen-bond donors (Lipinski definition) is 2. The van der Waals surface area contributed by atoms with E-state index in [1.807, 2.05) is 6.92 Å². The molecule has 0 bridgehead atoms. The van der Waals surface area contributed by atoms with Crippen LogP contribution in [0.3, 0.4) is 0 Å². The van der Waals surface area contributed by atoms with E-state index in [0.29, 0.717) is 19.2 Å². The molecule has 0 amide bonds. The first-order chi connectivity index (χ1) is 7.10. The number of hydrogen-bond acceptors (Lipinski definition) is 4. The summed E-state index contributed by atoms with van der Waals surface area (Å²) in [6.45, 7) is 3.06.